The Hall–Kier alpha value is -1.42. The maximum atomic E-state index is 10.3. The summed E-state index contributed by atoms with van der Waals surface area (Å²) in [5, 5.41) is 12.5. The molecule has 0 radical (unpaired) electrons. The first-order chi connectivity index (χ1) is 10.3. The summed E-state index contributed by atoms with van der Waals surface area (Å²) in [5.41, 5.74) is 0.917. The number of benzene rings is 2. The SMILES string of the molecule is CCCCOCCOCC(O)c1cccc2ccccc12. The summed E-state index contributed by atoms with van der Waals surface area (Å²) in [4.78, 5) is 0. The number of hydrogen-bond donors (Lipinski definition) is 1. The molecule has 0 aliphatic heterocycles. The fourth-order valence-corrected chi connectivity index (χ4v) is 2.29. The van der Waals surface area contributed by atoms with E-state index in [9.17, 15) is 5.11 Å². The molecule has 21 heavy (non-hydrogen) atoms. The minimum absolute atomic E-state index is 0.297. The van der Waals surface area contributed by atoms with Crippen LogP contribution in [0, 0.1) is 0 Å². The van der Waals surface area contributed by atoms with E-state index in [1.54, 1.807) is 0 Å². The van der Waals surface area contributed by atoms with Crippen LogP contribution >= 0.6 is 0 Å². The Kier molecular flexibility index (Phi) is 6.67. The fourth-order valence-electron chi connectivity index (χ4n) is 2.29. The summed E-state index contributed by atoms with van der Waals surface area (Å²) in [5.74, 6) is 0. The number of aliphatic hydroxyl groups is 1. The van der Waals surface area contributed by atoms with Crippen molar-refractivity contribution in [1.82, 2.24) is 0 Å². The van der Waals surface area contributed by atoms with Crippen LogP contribution in [0.3, 0.4) is 0 Å². The molecule has 0 aliphatic rings. The van der Waals surface area contributed by atoms with Gasteiger partial charge in [-0.3, -0.25) is 0 Å². The lowest BCUT2D eigenvalue weighted by Crippen LogP contribution is -2.11. The van der Waals surface area contributed by atoms with Crippen LogP contribution in [0.1, 0.15) is 31.4 Å². The highest BCUT2D eigenvalue weighted by Gasteiger charge is 2.10. The lowest BCUT2D eigenvalue weighted by Gasteiger charge is -2.14. The van der Waals surface area contributed by atoms with Gasteiger partial charge in [-0.1, -0.05) is 55.8 Å². The van der Waals surface area contributed by atoms with E-state index in [1.165, 1.54) is 0 Å². The van der Waals surface area contributed by atoms with Crippen molar-refractivity contribution in [2.24, 2.45) is 0 Å². The van der Waals surface area contributed by atoms with Crippen molar-refractivity contribution in [2.75, 3.05) is 26.4 Å². The Morgan fingerprint density at radius 3 is 2.57 bits per heavy atom. The molecular weight excluding hydrogens is 264 g/mol. The van der Waals surface area contributed by atoms with Crippen molar-refractivity contribution in [1.29, 1.82) is 0 Å². The number of aliphatic hydroxyl groups excluding tert-OH is 1. The van der Waals surface area contributed by atoms with Crippen molar-refractivity contribution in [2.45, 2.75) is 25.9 Å². The molecule has 3 nitrogen and oxygen atoms in total. The van der Waals surface area contributed by atoms with Gasteiger partial charge >= 0.3 is 0 Å². The normalized spacial score (nSPS) is 12.7. The second-order valence-corrected chi connectivity index (χ2v) is 5.13. The van der Waals surface area contributed by atoms with E-state index < -0.39 is 6.10 Å². The van der Waals surface area contributed by atoms with Gasteiger partial charge in [-0.25, -0.2) is 0 Å². The minimum atomic E-state index is -0.605. The first-order valence-electron chi connectivity index (χ1n) is 7.64. The molecule has 0 spiro atoms. The van der Waals surface area contributed by atoms with E-state index in [1.807, 2.05) is 42.5 Å². The van der Waals surface area contributed by atoms with E-state index >= 15 is 0 Å². The van der Waals surface area contributed by atoms with E-state index in [0.29, 0.717) is 19.8 Å². The zero-order valence-corrected chi connectivity index (χ0v) is 12.6. The van der Waals surface area contributed by atoms with Crippen molar-refractivity contribution < 1.29 is 14.6 Å². The molecule has 0 saturated carbocycles. The van der Waals surface area contributed by atoms with Gasteiger partial charge in [0.15, 0.2) is 0 Å². The topological polar surface area (TPSA) is 38.7 Å². The van der Waals surface area contributed by atoms with Crippen LogP contribution in [0.25, 0.3) is 10.8 Å². The fraction of sp³-hybridized carbons (Fsp3) is 0.444. The summed E-state index contributed by atoms with van der Waals surface area (Å²) in [6.45, 7) is 4.32. The summed E-state index contributed by atoms with van der Waals surface area (Å²) < 4.78 is 10.9. The van der Waals surface area contributed by atoms with Gasteiger partial charge in [0.1, 0.15) is 6.10 Å². The number of unbranched alkanes of at least 4 members (excludes halogenated alkanes) is 1. The largest absolute Gasteiger partial charge is 0.386 e. The molecule has 2 aromatic rings. The molecule has 2 aromatic carbocycles. The number of rotatable bonds is 9. The smallest absolute Gasteiger partial charge is 0.103 e. The van der Waals surface area contributed by atoms with Gasteiger partial charge in [-0.2, -0.15) is 0 Å². The third kappa shape index (κ3) is 4.81. The molecule has 0 fully saturated rings. The maximum Gasteiger partial charge on any atom is 0.103 e. The van der Waals surface area contributed by atoms with Crippen molar-refractivity contribution >= 4 is 10.8 Å². The zero-order chi connectivity index (χ0) is 14.9. The molecular formula is C18H24O3. The highest BCUT2D eigenvalue weighted by molar-refractivity contribution is 5.85. The van der Waals surface area contributed by atoms with Crippen LogP contribution < -0.4 is 0 Å². The van der Waals surface area contributed by atoms with E-state index in [0.717, 1.165) is 35.8 Å². The molecule has 114 valence electrons. The van der Waals surface area contributed by atoms with E-state index in [2.05, 4.69) is 6.92 Å². The van der Waals surface area contributed by atoms with Gasteiger partial charge in [0.05, 0.1) is 19.8 Å². The molecule has 0 amide bonds. The Labute approximate surface area is 126 Å². The number of ether oxygens (including phenoxy) is 2. The summed E-state index contributed by atoms with van der Waals surface area (Å²) in [6.07, 6.45) is 1.62. The monoisotopic (exact) mass is 288 g/mol. The molecule has 0 aliphatic carbocycles. The highest BCUT2D eigenvalue weighted by atomic mass is 16.5. The molecule has 1 N–H and O–H groups in total. The van der Waals surface area contributed by atoms with Crippen molar-refractivity contribution in [3.8, 4) is 0 Å². The van der Waals surface area contributed by atoms with Crippen LogP contribution in [0.15, 0.2) is 42.5 Å². The lowest BCUT2D eigenvalue weighted by atomic mass is 10.0. The summed E-state index contributed by atoms with van der Waals surface area (Å²) >= 11 is 0. The Bertz CT molecular complexity index is 533. The Morgan fingerprint density at radius 1 is 0.952 bits per heavy atom. The zero-order valence-electron chi connectivity index (χ0n) is 12.6. The van der Waals surface area contributed by atoms with Gasteiger partial charge in [0.25, 0.3) is 0 Å². The molecule has 0 saturated heterocycles. The van der Waals surface area contributed by atoms with Gasteiger partial charge < -0.3 is 14.6 Å². The molecule has 0 heterocycles. The van der Waals surface area contributed by atoms with E-state index in [4.69, 9.17) is 9.47 Å². The number of hydrogen-bond acceptors (Lipinski definition) is 3. The Balaban J connectivity index is 1.81. The Morgan fingerprint density at radius 2 is 1.71 bits per heavy atom. The van der Waals surface area contributed by atoms with Crippen molar-refractivity contribution in [3.05, 3.63) is 48.0 Å². The van der Waals surface area contributed by atoms with Crippen molar-refractivity contribution in [3.63, 3.8) is 0 Å². The van der Waals surface area contributed by atoms with Crippen LogP contribution in [-0.2, 0) is 9.47 Å². The second-order valence-electron chi connectivity index (χ2n) is 5.13. The maximum absolute atomic E-state index is 10.3. The average molecular weight is 288 g/mol. The lowest BCUT2D eigenvalue weighted by molar-refractivity contribution is 0.00318. The average Bonchev–Trinajstić information content (AvgIpc) is 2.53. The third-order valence-corrected chi connectivity index (χ3v) is 3.47. The minimum Gasteiger partial charge on any atom is -0.386 e. The molecule has 1 unspecified atom stereocenters. The van der Waals surface area contributed by atoms with Gasteiger partial charge in [-0.15, -0.1) is 0 Å². The van der Waals surface area contributed by atoms with E-state index in [-0.39, 0.29) is 0 Å². The molecule has 2 rings (SSSR count). The summed E-state index contributed by atoms with van der Waals surface area (Å²) in [7, 11) is 0. The molecule has 0 bridgehead atoms. The second kappa shape index (κ2) is 8.78. The highest BCUT2D eigenvalue weighted by Crippen LogP contribution is 2.24. The molecule has 0 aromatic heterocycles. The van der Waals surface area contributed by atoms with Crippen LogP contribution in [0.5, 0.6) is 0 Å². The van der Waals surface area contributed by atoms with Crippen LogP contribution in [0.4, 0.5) is 0 Å². The number of fused-ring (bicyclic) bond motifs is 1. The molecule has 1 atom stereocenters. The first kappa shape index (κ1) is 16.0. The van der Waals surface area contributed by atoms with Gasteiger partial charge in [-0.05, 0) is 22.8 Å². The molecule has 3 heteroatoms. The summed E-state index contributed by atoms with van der Waals surface area (Å²) in [6, 6.07) is 14.0. The predicted octanol–water partition coefficient (Wildman–Crippen LogP) is 3.71. The van der Waals surface area contributed by atoms with Gasteiger partial charge in [0.2, 0.25) is 0 Å². The first-order valence-corrected chi connectivity index (χ1v) is 7.64. The quantitative estimate of drug-likeness (QED) is 0.715. The van der Waals surface area contributed by atoms with Crippen LogP contribution in [0.2, 0.25) is 0 Å². The standard InChI is InChI=1S/C18H24O3/c1-2-3-11-20-12-13-21-14-18(19)17-10-6-8-15-7-4-5-9-16(15)17/h4-10,18-19H,2-3,11-14H2,1H3. The van der Waals surface area contributed by atoms with Crippen LogP contribution in [-0.4, -0.2) is 31.5 Å². The predicted molar refractivity (Wildman–Crippen MR) is 85.5 cm³/mol. The van der Waals surface area contributed by atoms with Gasteiger partial charge in [0, 0.05) is 6.61 Å². The third-order valence-electron chi connectivity index (χ3n) is 3.47.